The third kappa shape index (κ3) is 4.06. The number of aromatic nitrogens is 1. The molecule has 3 heterocycles. The van der Waals surface area contributed by atoms with Gasteiger partial charge in [-0.15, -0.1) is 0 Å². The van der Waals surface area contributed by atoms with E-state index in [1.807, 2.05) is 23.0 Å². The molecule has 2 bridgehead atoms. The number of thioether (sulfide) groups is 1. The Labute approximate surface area is 163 Å². The molecule has 3 atom stereocenters. The van der Waals surface area contributed by atoms with E-state index in [4.69, 9.17) is 17.0 Å². The summed E-state index contributed by atoms with van der Waals surface area (Å²) in [6.07, 6.45) is 3.76. The van der Waals surface area contributed by atoms with Gasteiger partial charge in [0.15, 0.2) is 5.11 Å². The van der Waals surface area contributed by atoms with Gasteiger partial charge >= 0.3 is 5.97 Å². The van der Waals surface area contributed by atoms with Crippen molar-refractivity contribution in [3.8, 4) is 0 Å². The van der Waals surface area contributed by atoms with E-state index in [-0.39, 0.29) is 11.5 Å². The van der Waals surface area contributed by atoms with Crippen LogP contribution in [0.5, 0.6) is 0 Å². The lowest BCUT2D eigenvalue weighted by atomic mass is 9.83. The number of methoxy groups -OCH3 is 1. The van der Waals surface area contributed by atoms with Crippen LogP contribution in [0.25, 0.3) is 0 Å². The molecular weight excluding hydrogens is 370 g/mol. The number of piperidine rings is 1. The smallest absolute Gasteiger partial charge is 0.328 e. The lowest BCUT2D eigenvalue weighted by Crippen LogP contribution is -2.54. The van der Waals surface area contributed by atoms with Gasteiger partial charge in [0.05, 0.1) is 7.11 Å². The van der Waals surface area contributed by atoms with Crippen molar-refractivity contribution >= 4 is 35.1 Å². The number of hydrogen-bond acceptors (Lipinski definition) is 5. The van der Waals surface area contributed by atoms with Gasteiger partial charge in [0.2, 0.25) is 0 Å². The van der Waals surface area contributed by atoms with Crippen LogP contribution in [0.2, 0.25) is 0 Å². The number of esters is 1. The Balaban J connectivity index is 1.70. The molecule has 0 saturated carbocycles. The van der Waals surface area contributed by atoms with Gasteiger partial charge in [0.1, 0.15) is 6.04 Å². The molecule has 1 fully saturated rings. The van der Waals surface area contributed by atoms with Crippen LogP contribution in [0.4, 0.5) is 0 Å². The summed E-state index contributed by atoms with van der Waals surface area (Å²) in [5.74, 6) is 1.26. The molecule has 3 rings (SSSR count). The lowest BCUT2D eigenvalue weighted by molar-refractivity contribution is -0.142. The second-order valence-electron chi connectivity index (χ2n) is 6.91. The number of fused-ring (bicyclic) bond motifs is 4. The fourth-order valence-corrected chi connectivity index (χ4v) is 4.69. The largest absolute Gasteiger partial charge is 0.467 e. The zero-order valence-electron chi connectivity index (χ0n) is 15.1. The summed E-state index contributed by atoms with van der Waals surface area (Å²) in [6, 6.07) is 5.08. The van der Waals surface area contributed by atoms with Crippen molar-refractivity contribution in [1.82, 2.24) is 14.8 Å². The number of carbonyl (C=O) groups excluding carboxylic acids is 1. The molecule has 0 amide bonds. The van der Waals surface area contributed by atoms with Crippen LogP contribution in [0.3, 0.4) is 0 Å². The third-order valence-corrected chi connectivity index (χ3v) is 6.18. The zero-order valence-corrected chi connectivity index (χ0v) is 16.8. The fourth-order valence-electron chi connectivity index (χ4n) is 3.93. The van der Waals surface area contributed by atoms with Gasteiger partial charge in [-0.25, -0.2) is 4.79 Å². The summed E-state index contributed by atoms with van der Waals surface area (Å²) in [5.41, 5.74) is 1.17. The van der Waals surface area contributed by atoms with E-state index in [9.17, 15) is 9.59 Å². The molecule has 26 heavy (non-hydrogen) atoms. The fraction of sp³-hybridized carbons (Fsp3) is 0.611. The Morgan fingerprint density at radius 1 is 1.42 bits per heavy atom. The summed E-state index contributed by atoms with van der Waals surface area (Å²) in [6.45, 7) is 2.30. The summed E-state index contributed by atoms with van der Waals surface area (Å²) in [7, 11) is 1.40. The van der Waals surface area contributed by atoms with E-state index in [1.54, 1.807) is 17.8 Å². The van der Waals surface area contributed by atoms with Crippen molar-refractivity contribution in [3.05, 3.63) is 34.2 Å². The predicted molar refractivity (Wildman–Crippen MR) is 108 cm³/mol. The normalized spacial score (nSPS) is 22.3. The summed E-state index contributed by atoms with van der Waals surface area (Å²) < 4.78 is 6.81. The molecule has 0 radical (unpaired) electrons. The summed E-state index contributed by atoms with van der Waals surface area (Å²) in [4.78, 5) is 26.3. The number of hydrogen-bond donors (Lipinski definition) is 1. The third-order valence-electron chi connectivity index (χ3n) is 5.16. The Hall–Kier alpha value is -1.54. The van der Waals surface area contributed by atoms with Crippen molar-refractivity contribution in [3.63, 3.8) is 0 Å². The van der Waals surface area contributed by atoms with Crippen LogP contribution in [0, 0.1) is 5.92 Å². The van der Waals surface area contributed by atoms with Crippen molar-refractivity contribution < 1.29 is 9.53 Å². The molecule has 8 heteroatoms. The molecule has 1 aromatic rings. The number of likely N-dealkylation sites (tertiary alicyclic amines) is 1. The molecule has 0 aromatic carbocycles. The molecule has 1 aromatic heterocycles. The van der Waals surface area contributed by atoms with E-state index < -0.39 is 6.04 Å². The van der Waals surface area contributed by atoms with Crippen molar-refractivity contribution in [2.24, 2.45) is 5.92 Å². The molecule has 142 valence electrons. The monoisotopic (exact) mass is 395 g/mol. The van der Waals surface area contributed by atoms with Crippen LogP contribution < -0.4 is 10.9 Å². The van der Waals surface area contributed by atoms with Gasteiger partial charge in [-0.2, -0.15) is 11.8 Å². The molecule has 0 spiro atoms. The molecule has 2 aliphatic heterocycles. The Morgan fingerprint density at radius 3 is 2.96 bits per heavy atom. The van der Waals surface area contributed by atoms with Gasteiger partial charge in [0, 0.05) is 37.3 Å². The van der Waals surface area contributed by atoms with E-state index in [0.29, 0.717) is 23.4 Å². The number of nitrogens with zero attached hydrogens (tertiary/aromatic N) is 2. The van der Waals surface area contributed by atoms with Gasteiger partial charge in [-0.1, -0.05) is 6.07 Å². The highest BCUT2D eigenvalue weighted by atomic mass is 32.2. The maximum atomic E-state index is 12.1. The van der Waals surface area contributed by atoms with Gasteiger partial charge in [-0.05, 0) is 49.1 Å². The molecule has 6 nitrogen and oxygen atoms in total. The number of thiocarbonyl (C=S) groups is 1. The second-order valence-corrected chi connectivity index (χ2v) is 8.28. The number of rotatable bonds is 5. The first-order valence-corrected chi connectivity index (χ1v) is 10.7. The van der Waals surface area contributed by atoms with Crippen LogP contribution >= 0.6 is 24.0 Å². The summed E-state index contributed by atoms with van der Waals surface area (Å²) in [5, 5.41) is 3.80. The van der Waals surface area contributed by atoms with Gasteiger partial charge < -0.3 is 19.5 Å². The molecule has 2 aliphatic rings. The summed E-state index contributed by atoms with van der Waals surface area (Å²) >= 11 is 7.29. The number of pyridine rings is 1. The van der Waals surface area contributed by atoms with E-state index in [1.165, 1.54) is 7.11 Å². The Morgan fingerprint density at radius 2 is 2.23 bits per heavy atom. The average Bonchev–Trinajstić information content (AvgIpc) is 2.65. The highest BCUT2D eigenvalue weighted by molar-refractivity contribution is 7.98. The van der Waals surface area contributed by atoms with E-state index >= 15 is 0 Å². The molecular formula is C18H25N3O3S2. The average molecular weight is 396 g/mol. The zero-order chi connectivity index (χ0) is 18.7. The van der Waals surface area contributed by atoms with Gasteiger partial charge in [-0.3, -0.25) is 4.79 Å². The quantitative estimate of drug-likeness (QED) is 0.598. The van der Waals surface area contributed by atoms with Crippen molar-refractivity contribution in [1.29, 1.82) is 0 Å². The molecule has 1 N–H and O–H groups in total. The van der Waals surface area contributed by atoms with E-state index in [2.05, 4.69) is 10.2 Å². The maximum absolute atomic E-state index is 12.1. The standard InChI is InChI=1S/C18H25N3O3S2/c1-24-17(23)14(6-7-26-2)19-18(25)20-9-12-8-13(11-20)15-4-3-5-16(22)21(15)10-12/h3-5,12-14H,6-11H2,1-2H3,(H,19,25)/t12-,13+,14-/m1/s1. The first kappa shape index (κ1) is 19.2. The van der Waals surface area contributed by atoms with Crippen molar-refractivity contribution in [2.75, 3.05) is 32.2 Å². The highest BCUT2D eigenvalue weighted by Crippen LogP contribution is 2.34. The Bertz CT molecular complexity index is 737. The molecule has 0 aliphatic carbocycles. The Kier molecular flexibility index (Phi) is 6.24. The maximum Gasteiger partial charge on any atom is 0.328 e. The minimum Gasteiger partial charge on any atom is -0.467 e. The minimum absolute atomic E-state index is 0.0779. The topological polar surface area (TPSA) is 63.6 Å². The minimum atomic E-state index is -0.420. The van der Waals surface area contributed by atoms with Crippen LogP contribution in [0.15, 0.2) is 23.0 Å². The highest BCUT2D eigenvalue weighted by Gasteiger charge is 2.36. The number of ether oxygens (including phenoxy) is 1. The van der Waals surface area contributed by atoms with Crippen LogP contribution in [0.1, 0.15) is 24.5 Å². The van der Waals surface area contributed by atoms with Crippen LogP contribution in [-0.4, -0.2) is 58.8 Å². The first-order chi connectivity index (χ1) is 12.5. The molecule has 0 unspecified atom stereocenters. The predicted octanol–water partition coefficient (Wildman–Crippen LogP) is 1.44. The second kappa shape index (κ2) is 8.43. The van der Waals surface area contributed by atoms with Gasteiger partial charge in [0.25, 0.3) is 5.56 Å². The molecule has 1 saturated heterocycles. The number of nitrogens with one attached hydrogen (secondary N) is 1. The van der Waals surface area contributed by atoms with E-state index in [0.717, 1.165) is 37.5 Å². The lowest BCUT2D eigenvalue weighted by Gasteiger charge is -2.44. The number of carbonyl (C=O) groups is 1. The van der Waals surface area contributed by atoms with Crippen LogP contribution in [-0.2, 0) is 16.1 Å². The van der Waals surface area contributed by atoms with Crippen molar-refractivity contribution in [2.45, 2.75) is 31.3 Å². The SMILES string of the molecule is COC(=O)[C@@H](CCSC)NC(=S)N1C[C@H]2C[C@@H](C1)c1cccc(=O)n1C2. The first-order valence-electron chi connectivity index (χ1n) is 8.85.